The summed E-state index contributed by atoms with van der Waals surface area (Å²) in [6, 6.07) is 0. The molecule has 56 valence electrons. The summed E-state index contributed by atoms with van der Waals surface area (Å²) in [6.45, 7) is 0. The van der Waals surface area contributed by atoms with Crippen molar-refractivity contribution in [2.75, 3.05) is 0 Å². The molecule has 0 heterocycles. The van der Waals surface area contributed by atoms with Crippen LogP contribution in [0.1, 0.15) is 0 Å². The Morgan fingerprint density at radius 3 is 0.889 bits per heavy atom. The number of alkyl halides is 5. The van der Waals surface area contributed by atoms with E-state index in [9.17, 15) is 0 Å². The van der Waals surface area contributed by atoms with E-state index in [0.717, 1.165) is 0 Å². The van der Waals surface area contributed by atoms with Gasteiger partial charge in [0, 0.05) is 0 Å². The van der Waals surface area contributed by atoms with E-state index >= 15 is 0 Å². The molecule has 0 amide bonds. The first kappa shape index (κ1) is 13.9. The monoisotopic (exact) mass is 424 g/mol. The fourth-order valence-corrected chi connectivity index (χ4v) is 0.990. The molecule has 0 atom stereocenters. The first-order chi connectivity index (χ1) is 3.55. The number of rotatable bonds is 2. The summed E-state index contributed by atoms with van der Waals surface area (Å²) in [4.78, 5) is -1.42. The molecule has 0 aliphatic rings. The van der Waals surface area contributed by atoms with E-state index in [-0.39, 0.29) is 27.3 Å². The molecule has 0 saturated heterocycles. The van der Waals surface area contributed by atoms with Crippen molar-refractivity contribution in [1.82, 2.24) is 0 Å². The van der Waals surface area contributed by atoms with Gasteiger partial charge in [0.25, 0.3) is 0 Å². The first-order valence-corrected chi connectivity index (χ1v) is 3.94. The SMILES string of the molecule is ClC(Cl)C(Cl)C(Cl)Cl.[PbH2]. The molecule has 9 heavy (non-hydrogen) atoms. The van der Waals surface area contributed by atoms with Crippen LogP contribution in [0.2, 0.25) is 0 Å². The van der Waals surface area contributed by atoms with Crippen LogP contribution in [-0.2, 0) is 0 Å². The molecule has 6 heteroatoms. The molecule has 0 saturated carbocycles. The van der Waals surface area contributed by atoms with Gasteiger partial charge in [-0.15, -0.1) is 58.0 Å². The molecule has 2 radical (unpaired) electrons. The summed E-state index contributed by atoms with van der Waals surface area (Å²) >= 11 is 26.6. The number of halogens is 5. The van der Waals surface area contributed by atoms with Crippen molar-refractivity contribution in [3.63, 3.8) is 0 Å². The van der Waals surface area contributed by atoms with E-state index in [0.29, 0.717) is 0 Å². The minimum atomic E-state index is -0.711. The molecule has 0 unspecified atom stereocenters. The molecule has 0 aromatic heterocycles. The predicted octanol–water partition coefficient (Wildman–Crippen LogP) is 2.29. The average Bonchev–Trinajstić information content (AvgIpc) is 1.64. The van der Waals surface area contributed by atoms with Crippen molar-refractivity contribution in [2.24, 2.45) is 0 Å². The van der Waals surface area contributed by atoms with Gasteiger partial charge in [0.15, 0.2) is 0 Å². The second-order valence-corrected chi connectivity index (χ2v) is 3.94. The van der Waals surface area contributed by atoms with Crippen LogP contribution in [0.5, 0.6) is 0 Å². The summed E-state index contributed by atoms with van der Waals surface area (Å²) in [6.07, 6.45) is 0. The molecule has 0 aliphatic carbocycles. The van der Waals surface area contributed by atoms with Crippen LogP contribution in [0, 0.1) is 0 Å². The third-order valence-corrected chi connectivity index (χ3v) is 2.59. The Labute approximate surface area is 99.3 Å². The molecular weight excluding hydrogens is 420 g/mol. The normalized spacial score (nSPS) is 10.7. The van der Waals surface area contributed by atoms with Gasteiger partial charge >= 0.3 is 27.3 Å². The third kappa shape index (κ3) is 6.76. The van der Waals surface area contributed by atoms with Crippen molar-refractivity contribution in [1.29, 1.82) is 0 Å². The van der Waals surface area contributed by atoms with E-state index in [1.807, 2.05) is 0 Å². The van der Waals surface area contributed by atoms with Gasteiger partial charge in [0.2, 0.25) is 0 Å². The zero-order valence-electron chi connectivity index (χ0n) is 4.33. The van der Waals surface area contributed by atoms with Crippen LogP contribution in [0.4, 0.5) is 0 Å². The van der Waals surface area contributed by atoms with Gasteiger partial charge in [0.1, 0.15) is 9.67 Å². The maximum absolute atomic E-state index is 5.42. The Morgan fingerprint density at radius 1 is 0.667 bits per heavy atom. The predicted molar refractivity (Wildman–Crippen MR) is 49.2 cm³/mol. The molecule has 0 aliphatic heterocycles. The summed E-state index contributed by atoms with van der Waals surface area (Å²) in [5.41, 5.74) is 0. The Hall–Kier alpha value is 2.37. The van der Waals surface area contributed by atoms with E-state index in [1.165, 1.54) is 0 Å². The fourth-order valence-electron chi connectivity index (χ4n) is 0.110. The fraction of sp³-hybridized carbons (Fsp3) is 1.00. The molecule has 0 nitrogen and oxygen atoms in total. The number of hydrogen-bond donors (Lipinski definition) is 0. The third-order valence-electron chi connectivity index (χ3n) is 0.481. The standard InChI is InChI=1S/C3H3Cl5.Pb.2H/c4-1(2(5)6)3(7)8;;;/h1-3H;;;. The second-order valence-electron chi connectivity index (χ2n) is 1.11. The van der Waals surface area contributed by atoms with Crippen molar-refractivity contribution in [3.05, 3.63) is 0 Å². The molecule has 0 fully saturated rings. The van der Waals surface area contributed by atoms with Gasteiger partial charge in [-0.1, -0.05) is 0 Å². The maximum atomic E-state index is 5.42. The van der Waals surface area contributed by atoms with Crippen molar-refractivity contribution < 1.29 is 0 Å². The Balaban J connectivity index is 0. The van der Waals surface area contributed by atoms with E-state index < -0.39 is 15.0 Å². The van der Waals surface area contributed by atoms with Crippen molar-refractivity contribution in [2.45, 2.75) is 15.0 Å². The van der Waals surface area contributed by atoms with Crippen molar-refractivity contribution in [3.8, 4) is 0 Å². The van der Waals surface area contributed by atoms with Crippen LogP contribution >= 0.6 is 58.0 Å². The quantitative estimate of drug-likeness (QED) is 0.471. The zero-order chi connectivity index (χ0) is 6.73. The average molecular weight is 426 g/mol. The van der Waals surface area contributed by atoms with E-state index in [2.05, 4.69) is 0 Å². The Kier molecular flexibility index (Phi) is 10.9. The van der Waals surface area contributed by atoms with Crippen LogP contribution in [0.3, 0.4) is 0 Å². The molecule has 0 rings (SSSR count). The molecule has 0 bridgehead atoms. The summed E-state index contributed by atoms with van der Waals surface area (Å²) in [7, 11) is 0. The molecular formula is C3H5Cl5Pb. The molecule has 0 N–H and O–H groups in total. The minimum absolute atomic E-state index is 0. The first-order valence-electron chi connectivity index (χ1n) is 1.76. The van der Waals surface area contributed by atoms with Crippen LogP contribution < -0.4 is 0 Å². The Morgan fingerprint density at radius 2 is 0.889 bits per heavy atom. The van der Waals surface area contributed by atoms with Crippen molar-refractivity contribution >= 4 is 85.3 Å². The van der Waals surface area contributed by atoms with E-state index in [1.54, 1.807) is 0 Å². The van der Waals surface area contributed by atoms with Gasteiger partial charge in [-0.3, -0.25) is 0 Å². The van der Waals surface area contributed by atoms with Gasteiger partial charge in [-0.25, -0.2) is 0 Å². The Bertz CT molecular complexity index is 57.2. The van der Waals surface area contributed by atoms with Gasteiger partial charge in [0.05, 0.1) is 5.38 Å². The molecule has 0 spiro atoms. The van der Waals surface area contributed by atoms with Crippen LogP contribution in [0.15, 0.2) is 0 Å². The second kappa shape index (κ2) is 7.04. The van der Waals surface area contributed by atoms with Crippen LogP contribution in [-0.4, -0.2) is 42.3 Å². The van der Waals surface area contributed by atoms with Gasteiger partial charge in [-0.2, -0.15) is 0 Å². The van der Waals surface area contributed by atoms with Gasteiger partial charge < -0.3 is 0 Å². The summed E-state index contributed by atoms with van der Waals surface area (Å²) < 4.78 is 0. The summed E-state index contributed by atoms with van der Waals surface area (Å²) in [5, 5.41) is -0.596. The van der Waals surface area contributed by atoms with Gasteiger partial charge in [-0.05, 0) is 0 Å². The zero-order valence-corrected chi connectivity index (χ0v) is 13.6. The number of hydrogen-bond acceptors (Lipinski definition) is 0. The van der Waals surface area contributed by atoms with Crippen LogP contribution in [0.25, 0.3) is 0 Å². The summed E-state index contributed by atoms with van der Waals surface area (Å²) in [5.74, 6) is 0. The van der Waals surface area contributed by atoms with E-state index in [4.69, 9.17) is 58.0 Å². The molecule has 0 aromatic carbocycles. The molecule has 0 aromatic rings. The topological polar surface area (TPSA) is 0 Å².